The number of rotatable bonds is 10. The van der Waals surface area contributed by atoms with E-state index in [1.54, 1.807) is 0 Å². The normalized spacial score (nSPS) is 24.1. The van der Waals surface area contributed by atoms with Gasteiger partial charge in [-0.05, 0) is 16.7 Å². The second-order valence-corrected chi connectivity index (χ2v) is 8.84. The highest BCUT2D eigenvalue weighted by Gasteiger charge is 2.48. The fourth-order valence-corrected chi connectivity index (χ4v) is 4.43. The fourth-order valence-electron chi connectivity index (χ4n) is 4.43. The molecule has 1 amide bonds. The summed E-state index contributed by atoms with van der Waals surface area (Å²) >= 11 is 0. The number of amides is 1. The minimum Gasteiger partial charge on any atom is -0.369 e. The Morgan fingerprint density at radius 3 is 1.54 bits per heavy atom. The average Bonchev–Trinajstić information content (AvgIpc) is 2.88. The van der Waals surface area contributed by atoms with Crippen molar-refractivity contribution in [1.82, 2.24) is 5.32 Å². The lowest BCUT2D eigenvalue weighted by Gasteiger charge is -2.44. The Bertz CT molecular complexity index is 1030. The molecule has 3 aromatic carbocycles. The zero-order valence-electron chi connectivity index (χ0n) is 19.9. The molecule has 5 nitrogen and oxygen atoms in total. The summed E-state index contributed by atoms with van der Waals surface area (Å²) in [5, 5.41) is 2.88. The number of carbonyl (C=O) groups is 1. The molecule has 1 saturated carbocycles. The Hall–Kier alpha value is -3.06. The summed E-state index contributed by atoms with van der Waals surface area (Å²) in [5.74, 6) is -0.235. The van der Waals surface area contributed by atoms with Crippen LogP contribution in [-0.2, 0) is 38.8 Å². The van der Waals surface area contributed by atoms with Gasteiger partial charge in [0.25, 0.3) is 0 Å². The van der Waals surface area contributed by atoms with Crippen LogP contribution in [0.25, 0.3) is 0 Å². The van der Waals surface area contributed by atoms with Crippen LogP contribution in [0.3, 0.4) is 0 Å². The van der Waals surface area contributed by atoms with Gasteiger partial charge in [-0.25, -0.2) is 4.39 Å². The van der Waals surface area contributed by atoms with E-state index in [9.17, 15) is 4.79 Å². The molecular formula is C29H32FNO4. The molecule has 1 fully saturated rings. The number of halogens is 1. The van der Waals surface area contributed by atoms with E-state index in [4.69, 9.17) is 14.2 Å². The van der Waals surface area contributed by atoms with Crippen molar-refractivity contribution in [2.75, 3.05) is 0 Å². The van der Waals surface area contributed by atoms with Gasteiger partial charge < -0.3 is 19.5 Å². The van der Waals surface area contributed by atoms with Gasteiger partial charge in [0.15, 0.2) is 0 Å². The van der Waals surface area contributed by atoms with Crippen LogP contribution < -0.4 is 5.32 Å². The number of hydrogen-bond donors (Lipinski definition) is 1. The molecule has 6 heteroatoms. The maximum Gasteiger partial charge on any atom is 0.217 e. The first-order valence-corrected chi connectivity index (χ1v) is 12.0. The monoisotopic (exact) mass is 477 g/mol. The fraction of sp³-hybridized carbons (Fsp3) is 0.345. The predicted molar refractivity (Wildman–Crippen MR) is 132 cm³/mol. The summed E-state index contributed by atoms with van der Waals surface area (Å²) in [6.45, 7) is 2.28. The zero-order chi connectivity index (χ0) is 24.5. The Kier molecular flexibility index (Phi) is 9.01. The third-order valence-electron chi connectivity index (χ3n) is 6.12. The second-order valence-electron chi connectivity index (χ2n) is 8.84. The van der Waals surface area contributed by atoms with E-state index in [1.807, 2.05) is 91.0 Å². The van der Waals surface area contributed by atoms with Crippen molar-refractivity contribution in [1.29, 1.82) is 0 Å². The maximum absolute atomic E-state index is 15.6. The first-order chi connectivity index (χ1) is 17.1. The maximum atomic E-state index is 15.6. The lowest BCUT2D eigenvalue weighted by atomic mass is 9.85. The minimum absolute atomic E-state index is 0.0870. The van der Waals surface area contributed by atoms with Gasteiger partial charge >= 0.3 is 0 Å². The second kappa shape index (κ2) is 12.6. The molecular weight excluding hydrogens is 445 g/mol. The number of ether oxygens (including phenoxy) is 3. The van der Waals surface area contributed by atoms with Crippen LogP contribution in [0.15, 0.2) is 91.0 Å². The first kappa shape index (κ1) is 25.0. The zero-order valence-corrected chi connectivity index (χ0v) is 19.9. The Balaban J connectivity index is 1.57. The Morgan fingerprint density at radius 2 is 1.11 bits per heavy atom. The lowest BCUT2D eigenvalue weighted by molar-refractivity contribution is -0.199. The SMILES string of the molecule is CC(=O)N[C@H]1C[C@@H](F)[C@H](OCc2ccccc2)[C@@H](OCc2ccccc2)[C@@H]1OCc1ccccc1. The molecule has 4 rings (SSSR count). The minimum atomic E-state index is -1.33. The van der Waals surface area contributed by atoms with Crippen molar-refractivity contribution < 1.29 is 23.4 Å². The van der Waals surface area contributed by atoms with Crippen LogP contribution in [0.1, 0.15) is 30.0 Å². The van der Waals surface area contributed by atoms with Gasteiger partial charge in [0.2, 0.25) is 5.91 Å². The number of hydrogen-bond acceptors (Lipinski definition) is 4. The Morgan fingerprint density at radius 1 is 0.714 bits per heavy atom. The van der Waals surface area contributed by atoms with Crippen LogP contribution in [0.2, 0.25) is 0 Å². The van der Waals surface area contributed by atoms with E-state index >= 15 is 4.39 Å². The molecule has 0 spiro atoms. The van der Waals surface area contributed by atoms with Gasteiger partial charge in [-0.15, -0.1) is 0 Å². The van der Waals surface area contributed by atoms with Crippen LogP contribution in [-0.4, -0.2) is 36.4 Å². The number of alkyl halides is 1. The van der Waals surface area contributed by atoms with Crippen LogP contribution in [0, 0.1) is 0 Å². The quantitative estimate of drug-likeness (QED) is 0.447. The van der Waals surface area contributed by atoms with Crippen molar-refractivity contribution >= 4 is 5.91 Å². The third-order valence-corrected chi connectivity index (χ3v) is 6.12. The number of nitrogens with one attached hydrogen (secondary N) is 1. The Labute approximate surface area is 206 Å². The highest BCUT2D eigenvalue weighted by molar-refractivity contribution is 5.73. The van der Waals surface area contributed by atoms with Crippen molar-refractivity contribution in [2.45, 2.75) is 63.7 Å². The molecule has 3 aromatic rings. The molecule has 1 aliphatic rings. The number of carbonyl (C=O) groups excluding carboxylic acids is 1. The molecule has 1 N–H and O–H groups in total. The van der Waals surface area contributed by atoms with Crippen LogP contribution in [0.5, 0.6) is 0 Å². The van der Waals surface area contributed by atoms with E-state index in [-0.39, 0.29) is 25.5 Å². The smallest absolute Gasteiger partial charge is 0.217 e. The molecule has 0 radical (unpaired) electrons. The van der Waals surface area contributed by atoms with E-state index in [1.165, 1.54) is 6.92 Å². The summed E-state index contributed by atoms with van der Waals surface area (Å²) in [4.78, 5) is 12.0. The summed E-state index contributed by atoms with van der Waals surface area (Å²) in [6, 6.07) is 28.6. The molecule has 184 valence electrons. The van der Waals surface area contributed by atoms with Gasteiger partial charge in [0.05, 0.1) is 25.9 Å². The lowest BCUT2D eigenvalue weighted by Crippen LogP contribution is -2.62. The van der Waals surface area contributed by atoms with Crippen LogP contribution in [0.4, 0.5) is 4.39 Å². The number of benzene rings is 3. The van der Waals surface area contributed by atoms with Crippen molar-refractivity contribution in [3.8, 4) is 0 Å². The highest BCUT2D eigenvalue weighted by atomic mass is 19.1. The van der Waals surface area contributed by atoms with Gasteiger partial charge in [0.1, 0.15) is 24.5 Å². The van der Waals surface area contributed by atoms with Crippen LogP contribution >= 0.6 is 0 Å². The van der Waals surface area contributed by atoms with Gasteiger partial charge in [-0.3, -0.25) is 4.79 Å². The molecule has 35 heavy (non-hydrogen) atoms. The molecule has 0 heterocycles. The molecule has 0 aromatic heterocycles. The largest absolute Gasteiger partial charge is 0.369 e. The van der Waals surface area contributed by atoms with Crippen molar-refractivity contribution in [3.63, 3.8) is 0 Å². The van der Waals surface area contributed by atoms with Crippen molar-refractivity contribution in [3.05, 3.63) is 108 Å². The summed E-state index contributed by atoms with van der Waals surface area (Å²) < 4.78 is 34.3. The summed E-state index contributed by atoms with van der Waals surface area (Å²) in [6.07, 6.45) is -3.39. The molecule has 0 unspecified atom stereocenters. The molecule has 0 aliphatic heterocycles. The van der Waals surface area contributed by atoms with Gasteiger partial charge in [-0.2, -0.15) is 0 Å². The summed E-state index contributed by atoms with van der Waals surface area (Å²) in [5.41, 5.74) is 2.90. The molecule has 5 atom stereocenters. The average molecular weight is 478 g/mol. The van der Waals surface area contributed by atoms with Gasteiger partial charge in [-0.1, -0.05) is 91.0 Å². The van der Waals surface area contributed by atoms with Crippen molar-refractivity contribution in [2.24, 2.45) is 0 Å². The van der Waals surface area contributed by atoms with E-state index in [0.717, 1.165) is 16.7 Å². The highest BCUT2D eigenvalue weighted by Crippen LogP contribution is 2.32. The standard InChI is InChI=1S/C29H32FNO4/c1-21(32)31-26-17-25(30)27(33-18-22-11-5-2-6-12-22)29(35-20-24-15-9-4-10-16-24)28(26)34-19-23-13-7-3-8-14-23/h2-16,25-29H,17-20H2,1H3,(H,31,32)/t25-,26+,27+,28-,29-/m1/s1. The third kappa shape index (κ3) is 7.21. The summed E-state index contributed by atoms with van der Waals surface area (Å²) in [7, 11) is 0. The van der Waals surface area contributed by atoms with E-state index in [0.29, 0.717) is 6.61 Å². The van der Waals surface area contributed by atoms with E-state index in [2.05, 4.69) is 5.32 Å². The topological polar surface area (TPSA) is 56.8 Å². The van der Waals surface area contributed by atoms with E-state index < -0.39 is 30.5 Å². The predicted octanol–water partition coefficient (Wildman–Crippen LogP) is 4.99. The molecule has 0 saturated heterocycles. The molecule has 0 bridgehead atoms. The van der Waals surface area contributed by atoms with Gasteiger partial charge in [0, 0.05) is 13.3 Å². The first-order valence-electron chi connectivity index (χ1n) is 12.0. The molecule has 1 aliphatic carbocycles.